The summed E-state index contributed by atoms with van der Waals surface area (Å²) >= 11 is 6.08. The lowest BCUT2D eigenvalue weighted by molar-refractivity contribution is -1.02. The molecule has 1 saturated heterocycles. The van der Waals surface area contributed by atoms with Crippen LogP contribution in [0.15, 0.2) is 42.5 Å². The van der Waals surface area contributed by atoms with Crippen molar-refractivity contribution in [2.24, 2.45) is 0 Å². The maximum absolute atomic E-state index is 12.6. The Morgan fingerprint density at radius 2 is 1.78 bits per heavy atom. The molecule has 1 amide bonds. The number of halogens is 1. The van der Waals surface area contributed by atoms with E-state index < -0.39 is 0 Å². The van der Waals surface area contributed by atoms with Crippen LogP contribution >= 0.6 is 11.6 Å². The van der Waals surface area contributed by atoms with Gasteiger partial charge in [-0.05, 0) is 36.6 Å². The molecule has 0 atom stereocenters. The summed E-state index contributed by atoms with van der Waals surface area (Å²) in [7, 11) is 0. The Bertz CT molecular complexity index is 785. The standard InChI is InChI=1S/C22H28ClN3O/c1-3-19-8-4-6-17(2)22(19)24-21(27)16-26-12-10-25(11-13-26)15-18-7-5-9-20(23)14-18/h4-9,14H,3,10-13,15-16H2,1-2H3,(H,24,27)/p+2. The van der Waals surface area contributed by atoms with E-state index >= 15 is 0 Å². The van der Waals surface area contributed by atoms with Crippen molar-refractivity contribution in [3.8, 4) is 0 Å². The Balaban J connectivity index is 1.48. The molecular weight excluding hydrogens is 358 g/mol. The average molecular weight is 388 g/mol. The van der Waals surface area contributed by atoms with E-state index in [1.165, 1.54) is 16.0 Å². The van der Waals surface area contributed by atoms with Crippen molar-refractivity contribution in [3.05, 3.63) is 64.2 Å². The van der Waals surface area contributed by atoms with E-state index in [-0.39, 0.29) is 5.91 Å². The van der Waals surface area contributed by atoms with Gasteiger partial charge in [0.2, 0.25) is 0 Å². The van der Waals surface area contributed by atoms with Gasteiger partial charge in [0.1, 0.15) is 32.7 Å². The molecule has 1 aliphatic rings. The van der Waals surface area contributed by atoms with Crippen LogP contribution in [-0.4, -0.2) is 38.6 Å². The quantitative estimate of drug-likeness (QED) is 0.683. The molecule has 3 N–H and O–H groups in total. The van der Waals surface area contributed by atoms with Gasteiger partial charge in [-0.25, -0.2) is 0 Å². The summed E-state index contributed by atoms with van der Waals surface area (Å²) in [6.07, 6.45) is 0.926. The molecule has 5 heteroatoms. The van der Waals surface area contributed by atoms with Gasteiger partial charge < -0.3 is 15.1 Å². The van der Waals surface area contributed by atoms with Crippen LogP contribution in [0.5, 0.6) is 0 Å². The Hall–Kier alpha value is -1.88. The number of rotatable bonds is 6. The Labute approximate surface area is 167 Å². The van der Waals surface area contributed by atoms with E-state index in [1.807, 2.05) is 12.1 Å². The molecule has 1 heterocycles. The third kappa shape index (κ3) is 5.55. The number of piperazine rings is 1. The van der Waals surface area contributed by atoms with Crippen LogP contribution in [0.4, 0.5) is 5.69 Å². The number of carbonyl (C=O) groups excluding carboxylic acids is 1. The minimum atomic E-state index is 0.118. The molecule has 0 aliphatic carbocycles. The van der Waals surface area contributed by atoms with E-state index in [0.29, 0.717) is 6.54 Å². The molecule has 1 fully saturated rings. The zero-order valence-electron chi connectivity index (χ0n) is 16.3. The van der Waals surface area contributed by atoms with Gasteiger partial charge in [-0.2, -0.15) is 0 Å². The van der Waals surface area contributed by atoms with Crippen molar-refractivity contribution in [1.82, 2.24) is 0 Å². The van der Waals surface area contributed by atoms with Gasteiger partial charge >= 0.3 is 0 Å². The molecule has 0 unspecified atom stereocenters. The topological polar surface area (TPSA) is 38.0 Å². The van der Waals surface area contributed by atoms with E-state index in [2.05, 4.69) is 49.5 Å². The van der Waals surface area contributed by atoms with E-state index in [1.54, 1.807) is 4.90 Å². The van der Waals surface area contributed by atoms with Gasteiger partial charge in [-0.3, -0.25) is 4.79 Å². The molecule has 0 saturated carbocycles. The smallest absolute Gasteiger partial charge is 0.279 e. The summed E-state index contributed by atoms with van der Waals surface area (Å²) in [5, 5.41) is 3.95. The first-order chi connectivity index (χ1) is 13.0. The van der Waals surface area contributed by atoms with E-state index in [0.717, 1.165) is 55.4 Å². The molecule has 0 radical (unpaired) electrons. The van der Waals surface area contributed by atoms with Crippen molar-refractivity contribution >= 4 is 23.2 Å². The largest absolute Gasteiger partial charge is 0.322 e. The number of para-hydroxylation sites is 1. The number of hydrogen-bond donors (Lipinski definition) is 3. The highest BCUT2D eigenvalue weighted by atomic mass is 35.5. The first kappa shape index (κ1) is 19.9. The normalized spacial score (nSPS) is 19.7. The molecule has 0 aromatic heterocycles. The number of hydrogen-bond acceptors (Lipinski definition) is 1. The number of carbonyl (C=O) groups is 1. The monoisotopic (exact) mass is 387 g/mol. The van der Waals surface area contributed by atoms with Crippen molar-refractivity contribution in [1.29, 1.82) is 0 Å². The highest BCUT2D eigenvalue weighted by Crippen LogP contribution is 2.20. The Morgan fingerprint density at radius 3 is 2.48 bits per heavy atom. The summed E-state index contributed by atoms with van der Waals surface area (Å²) < 4.78 is 0. The van der Waals surface area contributed by atoms with Gasteiger partial charge in [0.05, 0.1) is 0 Å². The predicted molar refractivity (Wildman–Crippen MR) is 111 cm³/mol. The number of quaternary nitrogens is 2. The lowest BCUT2D eigenvalue weighted by atomic mass is 10.1. The zero-order valence-corrected chi connectivity index (χ0v) is 17.0. The highest BCUT2D eigenvalue weighted by Gasteiger charge is 2.25. The second kappa shape index (κ2) is 9.36. The summed E-state index contributed by atoms with van der Waals surface area (Å²) in [4.78, 5) is 15.5. The van der Waals surface area contributed by atoms with Crippen LogP contribution in [0.2, 0.25) is 5.02 Å². The van der Waals surface area contributed by atoms with Gasteiger partial charge in [0.25, 0.3) is 5.91 Å². The van der Waals surface area contributed by atoms with Crippen molar-refractivity contribution in [2.75, 3.05) is 38.0 Å². The van der Waals surface area contributed by atoms with Gasteiger partial charge in [0, 0.05) is 16.3 Å². The molecule has 3 rings (SSSR count). The summed E-state index contributed by atoms with van der Waals surface area (Å²) in [5.74, 6) is 0.118. The first-order valence-corrected chi connectivity index (χ1v) is 10.2. The Kier molecular flexibility index (Phi) is 6.89. The fourth-order valence-corrected chi connectivity index (χ4v) is 4.07. The lowest BCUT2D eigenvalue weighted by Crippen LogP contribution is -3.28. The second-order valence-corrected chi connectivity index (χ2v) is 7.93. The van der Waals surface area contributed by atoms with Crippen molar-refractivity contribution in [3.63, 3.8) is 0 Å². The van der Waals surface area contributed by atoms with Crippen LogP contribution in [0.1, 0.15) is 23.6 Å². The summed E-state index contributed by atoms with van der Waals surface area (Å²) in [5.41, 5.74) is 4.61. The number of aryl methyl sites for hydroxylation is 2. The fourth-order valence-electron chi connectivity index (χ4n) is 3.86. The molecule has 4 nitrogen and oxygen atoms in total. The van der Waals surface area contributed by atoms with Crippen LogP contribution in [0.3, 0.4) is 0 Å². The third-order valence-corrected chi connectivity index (χ3v) is 5.66. The average Bonchev–Trinajstić information content (AvgIpc) is 2.65. The van der Waals surface area contributed by atoms with Gasteiger partial charge in [-0.15, -0.1) is 0 Å². The van der Waals surface area contributed by atoms with Crippen LogP contribution in [-0.2, 0) is 17.8 Å². The number of amides is 1. The minimum absolute atomic E-state index is 0.118. The third-order valence-electron chi connectivity index (χ3n) is 5.42. The lowest BCUT2D eigenvalue weighted by Gasteiger charge is -2.29. The maximum atomic E-state index is 12.6. The second-order valence-electron chi connectivity index (χ2n) is 7.49. The molecule has 1 aliphatic heterocycles. The predicted octanol–water partition coefficient (Wildman–Crippen LogP) is 1.13. The van der Waals surface area contributed by atoms with E-state index in [9.17, 15) is 4.79 Å². The number of nitrogens with one attached hydrogen (secondary N) is 3. The molecule has 0 spiro atoms. The zero-order chi connectivity index (χ0) is 19.2. The fraction of sp³-hybridized carbons (Fsp3) is 0.409. The van der Waals surface area contributed by atoms with Crippen LogP contribution < -0.4 is 15.1 Å². The SMILES string of the molecule is CCc1cccc(C)c1NC(=O)C[NH+]1CC[NH+](Cc2cccc(Cl)c2)CC1. The van der Waals surface area contributed by atoms with Crippen molar-refractivity contribution in [2.45, 2.75) is 26.8 Å². The van der Waals surface area contributed by atoms with E-state index in [4.69, 9.17) is 11.6 Å². The highest BCUT2D eigenvalue weighted by molar-refractivity contribution is 6.30. The minimum Gasteiger partial charge on any atom is -0.322 e. The van der Waals surface area contributed by atoms with Crippen LogP contribution in [0.25, 0.3) is 0 Å². The molecule has 2 aromatic carbocycles. The maximum Gasteiger partial charge on any atom is 0.279 e. The molecule has 144 valence electrons. The molecule has 2 aromatic rings. The number of benzene rings is 2. The van der Waals surface area contributed by atoms with Gasteiger partial charge in [0.15, 0.2) is 6.54 Å². The van der Waals surface area contributed by atoms with Crippen LogP contribution in [0, 0.1) is 6.92 Å². The Morgan fingerprint density at radius 1 is 1.07 bits per heavy atom. The first-order valence-electron chi connectivity index (χ1n) is 9.85. The molecular formula is C22H30ClN3O+2. The molecule has 0 bridgehead atoms. The number of anilines is 1. The summed E-state index contributed by atoms with van der Waals surface area (Å²) in [6.45, 7) is 9.94. The molecule has 27 heavy (non-hydrogen) atoms. The van der Waals surface area contributed by atoms with Gasteiger partial charge in [-0.1, -0.05) is 48.9 Å². The summed E-state index contributed by atoms with van der Waals surface area (Å²) in [6, 6.07) is 14.3. The van der Waals surface area contributed by atoms with Crippen molar-refractivity contribution < 1.29 is 14.6 Å².